The van der Waals surface area contributed by atoms with E-state index in [2.05, 4.69) is 23.1 Å². The van der Waals surface area contributed by atoms with E-state index in [1.54, 1.807) is 0 Å². The molecule has 0 atom stereocenters. The van der Waals surface area contributed by atoms with E-state index in [1.165, 1.54) is 5.69 Å². The van der Waals surface area contributed by atoms with Crippen molar-refractivity contribution in [1.82, 2.24) is 0 Å². The summed E-state index contributed by atoms with van der Waals surface area (Å²) in [4.78, 5) is 2.33. The largest absolute Gasteiger partial charge is 0.378 e. The average Bonchev–Trinajstić information content (AvgIpc) is 2.21. The molecule has 1 saturated heterocycles. The molecule has 0 unspecified atom stereocenters. The van der Waals surface area contributed by atoms with Crippen LogP contribution in [0.3, 0.4) is 0 Å². The van der Waals surface area contributed by atoms with Gasteiger partial charge in [-0.2, -0.15) is 0 Å². The molecule has 2 heteroatoms. The third kappa shape index (κ3) is 1.59. The van der Waals surface area contributed by atoms with E-state index >= 15 is 0 Å². The maximum Gasteiger partial charge on any atom is 0.0642 e. The highest BCUT2D eigenvalue weighted by molar-refractivity contribution is 5.45. The predicted molar refractivity (Wildman–Crippen MR) is 48.3 cm³/mol. The van der Waals surface area contributed by atoms with E-state index < -0.39 is 0 Å². The van der Waals surface area contributed by atoms with Crippen molar-refractivity contribution >= 4 is 5.69 Å². The van der Waals surface area contributed by atoms with Gasteiger partial charge in [0.25, 0.3) is 0 Å². The van der Waals surface area contributed by atoms with Gasteiger partial charge in [-0.15, -0.1) is 0 Å². The van der Waals surface area contributed by atoms with Gasteiger partial charge >= 0.3 is 0 Å². The van der Waals surface area contributed by atoms with Crippen LogP contribution < -0.4 is 4.90 Å². The SMILES string of the molecule is [c]1ccc(N2CCOCC2)cc1. The molecule has 0 aliphatic carbocycles. The Morgan fingerprint density at radius 2 is 1.83 bits per heavy atom. The number of hydrogen-bond acceptors (Lipinski definition) is 2. The molecule has 1 aliphatic heterocycles. The van der Waals surface area contributed by atoms with Gasteiger partial charge in [0, 0.05) is 18.8 Å². The van der Waals surface area contributed by atoms with Gasteiger partial charge in [-0.3, -0.25) is 0 Å². The van der Waals surface area contributed by atoms with E-state index in [0.717, 1.165) is 26.3 Å². The molecule has 2 nitrogen and oxygen atoms in total. The van der Waals surface area contributed by atoms with Gasteiger partial charge in [-0.1, -0.05) is 12.1 Å². The number of anilines is 1. The zero-order valence-corrected chi connectivity index (χ0v) is 6.99. The molecule has 63 valence electrons. The molecule has 1 aliphatic rings. The van der Waals surface area contributed by atoms with Gasteiger partial charge in [0.1, 0.15) is 0 Å². The van der Waals surface area contributed by atoms with Gasteiger partial charge in [0.15, 0.2) is 0 Å². The Labute approximate surface area is 72.8 Å². The molecular formula is C10H12NO. The molecule has 1 fully saturated rings. The third-order valence-electron chi connectivity index (χ3n) is 2.08. The molecule has 2 rings (SSSR count). The fourth-order valence-corrected chi connectivity index (χ4v) is 1.41. The Kier molecular flexibility index (Phi) is 2.28. The molecule has 0 N–H and O–H groups in total. The maximum absolute atomic E-state index is 5.27. The van der Waals surface area contributed by atoms with Crippen LogP contribution in [0.1, 0.15) is 0 Å². The van der Waals surface area contributed by atoms with E-state index in [1.807, 2.05) is 12.1 Å². The van der Waals surface area contributed by atoms with Crippen molar-refractivity contribution in [3.05, 3.63) is 30.3 Å². The second-order valence-electron chi connectivity index (χ2n) is 2.86. The summed E-state index contributed by atoms with van der Waals surface area (Å²) >= 11 is 0. The van der Waals surface area contributed by atoms with Gasteiger partial charge < -0.3 is 9.64 Å². The van der Waals surface area contributed by atoms with Crippen molar-refractivity contribution in [3.63, 3.8) is 0 Å². The average molecular weight is 162 g/mol. The molecule has 1 aromatic rings. The summed E-state index contributed by atoms with van der Waals surface area (Å²) in [5.74, 6) is 0. The number of hydrogen-bond donors (Lipinski definition) is 0. The van der Waals surface area contributed by atoms with Gasteiger partial charge in [-0.25, -0.2) is 0 Å². The summed E-state index contributed by atoms with van der Waals surface area (Å²) in [5.41, 5.74) is 1.28. The summed E-state index contributed by atoms with van der Waals surface area (Å²) in [6.45, 7) is 3.70. The first-order valence-electron chi connectivity index (χ1n) is 4.25. The second-order valence-corrected chi connectivity index (χ2v) is 2.86. The minimum Gasteiger partial charge on any atom is -0.378 e. The molecule has 0 aromatic heterocycles. The van der Waals surface area contributed by atoms with Crippen LogP contribution in [-0.4, -0.2) is 26.3 Å². The van der Waals surface area contributed by atoms with Crippen LogP contribution in [0.2, 0.25) is 0 Å². The highest BCUT2D eigenvalue weighted by Gasteiger charge is 2.09. The molecule has 1 radical (unpaired) electrons. The first-order chi connectivity index (χ1) is 5.97. The quantitative estimate of drug-likeness (QED) is 0.617. The lowest BCUT2D eigenvalue weighted by atomic mass is 10.3. The Balaban J connectivity index is 2.08. The molecular weight excluding hydrogens is 150 g/mol. The van der Waals surface area contributed by atoms with Crippen LogP contribution in [-0.2, 0) is 4.74 Å². The fourth-order valence-electron chi connectivity index (χ4n) is 1.41. The first kappa shape index (κ1) is 7.62. The van der Waals surface area contributed by atoms with Crippen molar-refractivity contribution in [2.75, 3.05) is 31.2 Å². The van der Waals surface area contributed by atoms with E-state index in [0.29, 0.717) is 0 Å². The molecule has 1 aromatic carbocycles. The Bertz CT molecular complexity index is 229. The first-order valence-corrected chi connectivity index (χ1v) is 4.25. The highest BCUT2D eigenvalue weighted by Crippen LogP contribution is 2.13. The van der Waals surface area contributed by atoms with Gasteiger partial charge in [0.2, 0.25) is 0 Å². The predicted octanol–water partition coefficient (Wildman–Crippen LogP) is 1.32. The van der Waals surface area contributed by atoms with Crippen LogP contribution in [0.15, 0.2) is 24.3 Å². The second kappa shape index (κ2) is 3.59. The van der Waals surface area contributed by atoms with Crippen LogP contribution in [0.4, 0.5) is 5.69 Å². The maximum atomic E-state index is 5.27. The minimum absolute atomic E-state index is 0.846. The fraction of sp³-hybridized carbons (Fsp3) is 0.400. The van der Waals surface area contributed by atoms with Crippen LogP contribution in [0.25, 0.3) is 0 Å². The molecule has 0 saturated carbocycles. The summed E-state index contributed by atoms with van der Waals surface area (Å²) in [5, 5.41) is 0. The molecule has 0 spiro atoms. The number of ether oxygens (including phenoxy) is 1. The highest BCUT2D eigenvalue weighted by atomic mass is 16.5. The molecule has 12 heavy (non-hydrogen) atoms. The third-order valence-corrected chi connectivity index (χ3v) is 2.08. The van der Waals surface area contributed by atoms with E-state index in [9.17, 15) is 0 Å². The Morgan fingerprint density at radius 1 is 1.17 bits per heavy atom. The molecule has 1 heterocycles. The van der Waals surface area contributed by atoms with Crippen molar-refractivity contribution in [3.8, 4) is 0 Å². The monoisotopic (exact) mass is 162 g/mol. The van der Waals surface area contributed by atoms with Crippen molar-refractivity contribution in [2.45, 2.75) is 0 Å². The van der Waals surface area contributed by atoms with Crippen LogP contribution in [0, 0.1) is 6.07 Å². The number of nitrogens with zero attached hydrogens (tertiary/aromatic N) is 1. The normalized spacial score (nSPS) is 17.8. The van der Waals surface area contributed by atoms with Gasteiger partial charge in [0.05, 0.1) is 13.2 Å². The van der Waals surface area contributed by atoms with Gasteiger partial charge in [-0.05, 0) is 18.2 Å². The Hall–Kier alpha value is -1.02. The van der Waals surface area contributed by atoms with Crippen LogP contribution >= 0.6 is 0 Å². The zero-order chi connectivity index (χ0) is 8.23. The summed E-state index contributed by atoms with van der Waals surface area (Å²) in [6, 6.07) is 11.1. The minimum atomic E-state index is 0.846. The lowest BCUT2D eigenvalue weighted by Crippen LogP contribution is -2.36. The zero-order valence-electron chi connectivity index (χ0n) is 6.99. The van der Waals surface area contributed by atoms with Crippen molar-refractivity contribution in [2.24, 2.45) is 0 Å². The lowest BCUT2D eigenvalue weighted by molar-refractivity contribution is 0.122. The smallest absolute Gasteiger partial charge is 0.0642 e. The van der Waals surface area contributed by atoms with E-state index in [-0.39, 0.29) is 0 Å². The lowest BCUT2D eigenvalue weighted by Gasteiger charge is -2.28. The number of rotatable bonds is 1. The summed E-state index contributed by atoms with van der Waals surface area (Å²) < 4.78 is 5.27. The topological polar surface area (TPSA) is 12.5 Å². The standard InChI is InChI=1S/C10H12NO/c1-2-4-10(5-3-1)11-6-8-12-9-7-11/h2-5H,6-9H2. The van der Waals surface area contributed by atoms with E-state index in [4.69, 9.17) is 4.74 Å². The van der Waals surface area contributed by atoms with Crippen molar-refractivity contribution in [1.29, 1.82) is 0 Å². The molecule has 0 bridgehead atoms. The van der Waals surface area contributed by atoms with Crippen molar-refractivity contribution < 1.29 is 4.74 Å². The Morgan fingerprint density at radius 3 is 2.50 bits per heavy atom. The van der Waals surface area contributed by atoms with Crippen LogP contribution in [0.5, 0.6) is 0 Å². The summed E-state index contributed by atoms with van der Waals surface area (Å²) in [6.07, 6.45) is 0. The molecule has 0 amide bonds. The number of morpholine rings is 1. The summed E-state index contributed by atoms with van der Waals surface area (Å²) in [7, 11) is 0. The number of benzene rings is 1.